The Labute approximate surface area is 219 Å². The van der Waals surface area contributed by atoms with E-state index in [-0.39, 0.29) is 6.10 Å². The van der Waals surface area contributed by atoms with E-state index in [9.17, 15) is 4.79 Å². The molecule has 8 nitrogen and oxygen atoms in total. The normalized spacial score (nSPS) is 16.9. The minimum Gasteiger partial charge on any atom is -0.459 e. The summed E-state index contributed by atoms with van der Waals surface area (Å²) < 4.78 is 6.24. The minimum atomic E-state index is -0.0241. The van der Waals surface area contributed by atoms with Crippen LogP contribution in [0.15, 0.2) is 54.7 Å². The summed E-state index contributed by atoms with van der Waals surface area (Å²) in [5.41, 5.74) is 3.50. The number of hydrogen-bond acceptors (Lipinski definition) is 8. The van der Waals surface area contributed by atoms with E-state index in [1.165, 1.54) is 22.0 Å². The highest BCUT2D eigenvalue weighted by Crippen LogP contribution is 2.34. The van der Waals surface area contributed by atoms with E-state index in [0.717, 1.165) is 70.0 Å². The number of hydrogen-bond donors (Lipinski definition) is 0. The molecule has 0 spiro atoms. The number of carbonyl (C=O) groups excluding carboxylic acids is 1. The average molecular weight is 501 g/mol. The molecule has 194 valence electrons. The van der Waals surface area contributed by atoms with Gasteiger partial charge in [0, 0.05) is 62.1 Å². The van der Waals surface area contributed by atoms with Crippen molar-refractivity contribution in [1.29, 1.82) is 0 Å². The molecule has 5 rings (SSSR count). The van der Waals surface area contributed by atoms with E-state index in [1.54, 1.807) is 6.08 Å². The fourth-order valence-electron chi connectivity index (χ4n) is 5.36. The van der Waals surface area contributed by atoms with Gasteiger partial charge in [0.25, 0.3) is 0 Å². The summed E-state index contributed by atoms with van der Waals surface area (Å²) in [5, 5.41) is 2.51. The third kappa shape index (κ3) is 5.69. The summed E-state index contributed by atoms with van der Waals surface area (Å²) in [6.07, 6.45) is 5.12. The number of likely N-dealkylation sites (N-methyl/N-ethyl adjacent to an activating group) is 1. The standard InChI is InChI=1S/C29H36N6O2/c1-22(20-32(2)3)37-29-30-26-21-35(27-11-6-9-23-8-4-5-10-24(23)27)14-12-25(26)28(31-29)34-17-15-33(16-18-34)13-7-19-36/h4-11,13,19,22H,12,14-18,20-21H2,1-3H3/t22-/m0/s1. The van der Waals surface area contributed by atoms with Crippen LogP contribution in [0, 0.1) is 0 Å². The Hall–Kier alpha value is -3.65. The summed E-state index contributed by atoms with van der Waals surface area (Å²) >= 11 is 0. The maximum absolute atomic E-state index is 10.7. The van der Waals surface area contributed by atoms with Crippen LogP contribution in [0.5, 0.6) is 6.01 Å². The number of aromatic nitrogens is 2. The summed E-state index contributed by atoms with van der Waals surface area (Å²) in [7, 11) is 4.08. The predicted octanol–water partition coefficient (Wildman–Crippen LogP) is 3.36. The molecule has 1 aromatic heterocycles. The van der Waals surface area contributed by atoms with Gasteiger partial charge in [-0.25, -0.2) is 0 Å². The van der Waals surface area contributed by atoms with Crippen LogP contribution in [0.2, 0.25) is 0 Å². The topological polar surface area (TPSA) is 65.0 Å². The van der Waals surface area contributed by atoms with Crippen LogP contribution < -0.4 is 14.5 Å². The molecule has 1 fully saturated rings. The van der Waals surface area contributed by atoms with Crippen molar-refractivity contribution >= 4 is 28.6 Å². The second kappa shape index (κ2) is 11.2. The lowest BCUT2D eigenvalue weighted by molar-refractivity contribution is -0.104. The van der Waals surface area contributed by atoms with Crippen LogP contribution in [0.1, 0.15) is 18.2 Å². The van der Waals surface area contributed by atoms with Crippen molar-refractivity contribution in [2.45, 2.75) is 26.0 Å². The van der Waals surface area contributed by atoms with Gasteiger partial charge in [-0.1, -0.05) is 36.4 Å². The number of carbonyl (C=O) groups is 1. The smallest absolute Gasteiger partial charge is 0.318 e. The molecular formula is C29H36N6O2. The molecule has 2 aliphatic rings. The quantitative estimate of drug-likeness (QED) is 0.345. The molecule has 0 bridgehead atoms. The van der Waals surface area contributed by atoms with Crippen molar-refractivity contribution in [1.82, 2.24) is 19.8 Å². The highest BCUT2D eigenvalue weighted by Gasteiger charge is 2.28. The fraction of sp³-hybridized carbons (Fsp3) is 0.414. The van der Waals surface area contributed by atoms with Gasteiger partial charge in [-0.3, -0.25) is 4.79 Å². The zero-order chi connectivity index (χ0) is 25.8. The van der Waals surface area contributed by atoms with Gasteiger partial charge in [-0.05, 0) is 45.0 Å². The number of ether oxygens (including phenoxy) is 1. The highest BCUT2D eigenvalue weighted by molar-refractivity contribution is 5.94. The van der Waals surface area contributed by atoms with Gasteiger partial charge in [-0.2, -0.15) is 9.97 Å². The van der Waals surface area contributed by atoms with Crippen LogP contribution in [0.25, 0.3) is 10.8 Å². The molecule has 0 saturated carbocycles. The fourth-order valence-corrected chi connectivity index (χ4v) is 5.36. The Kier molecular flexibility index (Phi) is 7.55. The molecule has 8 heteroatoms. The number of anilines is 2. The second-order valence-electron chi connectivity index (χ2n) is 10.1. The Morgan fingerprint density at radius 1 is 1.00 bits per heavy atom. The molecule has 0 radical (unpaired) electrons. The van der Waals surface area contributed by atoms with Crippen molar-refractivity contribution < 1.29 is 9.53 Å². The summed E-state index contributed by atoms with van der Waals surface area (Å²) in [4.78, 5) is 29.7. The van der Waals surface area contributed by atoms with Gasteiger partial charge in [0.15, 0.2) is 0 Å². The molecule has 1 atom stereocenters. The van der Waals surface area contributed by atoms with Crippen molar-refractivity contribution in [3.8, 4) is 6.01 Å². The lowest BCUT2D eigenvalue weighted by Gasteiger charge is -2.38. The number of fused-ring (bicyclic) bond motifs is 2. The Balaban J connectivity index is 1.45. The van der Waals surface area contributed by atoms with Gasteiger partial charge >= 0.3 is 6.01 Å². The first-order chi connectivity index (χ1) is 18.0. The highest BCUT2D eigenvalue weighted by atomic mass is 16.5. The zero-order valence-corrected chi connectivity index (χ0v) is 22.0. The van der Waals surface area contributed by atoms with Crippen LogP contribution in [0.3, 0.4) is 0 Å². The lowest BCUT2D eigenvalue weighted by atomic mass is 10.0. The number of aldehydes is 1. The molecule has 0 N–H and O–H groups in total. The number of piperazine rings is 1. The molecule has 3 heterocycles. The first-order valence-electron chi connectivity index (χ1n) is 13.1. The van der Waals surface area contributed by atoms with E-state index < -0.39 is 0 Å². The number of nitrogens with zero attached hydrogens (tertiary/aromatic N) is 6. The van der Waals surface area contributed by atoms with E-state index in [4.69, 9.17) is 14.7 Å². The van der Waals surface area contributed by atoms with Gasteiger partial charge in [0.05, 0.1) is 12.2 Å². The lowest BCUT2D eigenvalue weighted by Crippen LogP contribution is -2.45. The number of allylic oxidation sites excluding steroid dienone is 1. The maximum atomic E-state index is 10.7. The van der Waals surface area contributed by atoms with Crippen molar-refractivity contribution in [2.24, 2.45) is 0 Å². The minimum absolute atomic E-state index is 0.0241. The van der Waals surface area contributed by atoms with Crippen LogP contribution in [-0.4, -0.2) is 85.5 Å². The Bertz CT molecular complexity index is 1260. The average Bonchev–Trinajstić information content (AvgIpc) is 2.90. The van der Waals surface area contributed by atoms with E-state index in [2.05, 4.69) is 69.0 Å². The summed E-state index contributed by atoms with van der Waals surface area (Å²) in [6, 6.07) is 15.5. The molecule has 2 aliphatic heterocycles. The molecule has 1 saturated heterocycles. The van der Waals surface area contributed by atoms with Crippen LogP contribution >= 0.6 is 0 Å². The monoisotopic (exact) mass is 500 g/mol. The third-order valence-electron chi connectivity index (χ3n) is 7.05. The zero-order valence-electron chi connectivity index (χ0n) is 22.0. The van der Waals surface area contributed by atoms with Gasteiger partial charge < -0.3 is 24.3 Å². The molecule has 3 aromatic rings. The molecule has 2 aromatic carbocycles. The van der Waals surface area contributed by atoms with Crippen molar-refractivity contribution in [3.63, 3.8) is 0 Å². The maximum Gasteiger partial charge on any atom is 0.318 e. The van der Waals surface area contributed by atoms with E-state index in [0.29, 0.717) is 6.01 Å². The molecular weight excluding hydrogens is 464 g/mol. The molecule has 0 amide bonds. The first-order valence-corrected chi connectivity index (χ1v) is 13.1. The first kappa shape index (κ1) is 25.0. The Morgan fingerprint density at radius 2 is 1.78 bits per heavy atom. The summed E-state index contributed by atoms with van der Waals surface area (Å²) in [6.45, 7) is 7.86. The predicted molar refractivity (Wildman–Crippen MR) is 148 cm³/mol. The summed E-state index contributed by atoms with van der Waals surface area (Å²) in [5.74, 6) is 0.994. The van der Waals surface area contributed by atoms with Gasteiger partial charge in [-0.15, -0.1) is 0 Å². The van der Waals surface area contributed by atoms with E-state index in [1.807, 2.05) is 20.3 Å². The molecule has 0 aliphatic carbocycles. The van der Waals surface area contributed by atoms with Crippen molar-refractivity contribution in [3.05, 3.63) is 66.0 Å². The molecule has 0 unspecified atom stereocenters. The third-order valence-corrected chi connectivity index (χ3v) is 7.05. The molecule has 37 heavy (non-hydrogen) atoms. The van der Waals surface area contributed by atoms with Gasteiger partial charge in [0.1, 0.15) is 18.2 Å². The van der Waals surface area contributed by atoms with Crippen molar-refractivity contribution in [2.75, 3.05) is 63.2 Å². The van der Waals surface area contributed by atoms with E-state index >= 15 is 0 Å². The largest absolute Gasteiger partial charge is 0.459 e. The second-order valence-corrected chi connectivity index (χ2v) is 10.1. The van der Waals surface area contributed by atoms with Crippen LogP contribution in [0.4, 0.5) is 11.5 Å². The number of benzene rings is 2. The van der Waals surface area contributed by atoms with Crippen LogP contribution in [-0.2, 0) is 17.8 Å². The Morgan fingerprint density at radius 3 is 2.57 bits per heavy atom. The number of rotatable bonds is 8. The van der Waals surface area contributed by atoms with Gasteiger partial charge in [0.2, 0.25) is 0 Å². The SMILES string of the molecule is C[C@@H](CN(C)C)Oc1nc2c(c(N3CCN(C=CC=O)CC3)n1)CCN(c1cccc3ccccc13)C2.